The minimum absolute atomic E-state index is 0.0311. The first-order valence-corrected chi connectivity index (χ1v) is 13.9. The van der Waals surface area contributed by atoms with Crippen LogP contribution >= 0.6 is 0 Å². The number of para-hydroxylation sites is 1. The first-order valence-electron chi connectivity index (χ1n) is 13.9. The lowest BCUT2D eigenvalue weighted by atomic mass is 9.99. The van der Waals surface area contributed by atoms with E-state index in [2.05, 4.69) is 11.8 Å². The topological polar surface area (TPSA) is 73.4 Å². The van der Waals surface area contributed by atoms with E-state index in [1.807, 2.05) is 38.4 Å². The molecule has 0 bridgehead atoms. The number of hydrogen-bond donors (Lipinski definition) is 0. The molecule has 0 aromatic heterocycles. The monoisotopic (exact) mass is 514 g/mol. The number of carbonyl (C=O) groups excluding carboxylic acids is 3. The van der Waals surface area contributed by atoms with Crippen LogP contribution in [0.25, 0.3) is 0 Å². The summed E-state index contributed by atoms with van der Waals surface area (Å²) in [6.45, 7) is 5.96. The number of aryl methyl sites for hydroxylation is 1. The summed E-state index contributed by atoms with van der Waals surface area (Å²) in [7, 11) is 5.38. The maximum absolute atomic E-state index is 13.3. The van der Waals surface area contributed by atoms with E-state index < -0.39 is 6.04 Å². The number of fused-ring (bicyclic) bond motifs is 1. The average Bonchev–Trinajstić information content (AvgIpc) is 2.90. The van der Waals surface area contributed by atoms with Gasteiger partial charge in [0.1, 0.15) is 11.8 Å². The van der Waals surface area contributed by atoms with E-state index in [1.165, 1.54) is 0 Å². The molecular formula is C29H46N4O4. The van der Waals surface area contributed by atoms with E-state index in [9.17, 15) is 14.4 Å². The summed E-state index contributed by atoms with van der Waals surface area (Å²) >= 11 is 0. The number of hydrogen-bond acceptors (Lipinski definition) is 5. The molecule has 0 spiro atoms. The van der Waals surface area contributed by atoms with Crippen molar-refractivity contribution in [3.05, 3.63) is 29.8 Å². The van der Waals surface area contributed by atoms with Crippen molar-refractivity contribution in [3.63, 3.8) is 0 Å². The molecule has 2 aliphatic heterocycles. The number of nitrogens with zero attached hydrogens (tertiary/aromatic N) is 4. The molecule has 1 atom stereocenters. The highest BCUT2D eigenvalue weighted by Gasteiger charge is 2.29. The third kappa shape index (κ3) is 8.73. The number of unbranched alkanes of at least 4 members (excludes halogenated alkanes) is 1. The molecule has 3 rings (SSSR count). The SMILES string of the molecule is CC1CCN(CC(=O)N(C)CCCC[C@H]2C(=O)N(C)CCCCc3ccccc3OCC(=O)N2C)CC1. The summed E-state index contributed by atoms with van der Waals surface area (Å²) < 4.78 is 5.88. The van der Waals surface area contributed by atoms with Crippen LogP contribution in [0.4, 0.5) is 0 Å². The zero-order chi connectivity index (χ0) is 26.8. The number of likely N-dealkylation sites (N-methyl/N-ethyl adjacent to an activating group) is 3. The number of likely N-dealkylation sites (tertiary alicyclic amines) is 1. The predicted octanol–water partition coefficient (Wildman–Crippen LogP) is 3.05. The van der Waals surface area contributed by atoms with Crippen LogP contribution in [0.3, 0.4) is 0 Å². The Bertz CT molecular complexity index is 900. The number of piperidine rings is 1. The number of ether oxygens (including phenoxy) is 1. The van der Waals surface area contributed by atoms with Gasteiger partial charge in [-0.2, -0.15) is 0 Å². The number of carbonyl (C=O) groups is 3. The van der Waals surface area contributed by atoms with E-state index in [0.29, 0.717) is 26.1 Å². The molecule has 8 heteroatoms. The molecule has 1 aromatic rings. The molecular weight excluding hydrogens is 468 g/mol. The molecule has 206 valence electrons. The summed E-state index contributed by atoms with van der Waals surface area (Å²) in [5, 5.41) is 0. The molecule has 0 radical (unpaired) electrons. The van der Waals surface area contributed by atoms with Gasteiger partial charge in [-0.25, -0.2) is 0 Å². The molecule has 1 saturated heterocycles. The lowest BCUT2D eigenvalue weighted by Crippen LogP contribution is -2.49. The molecule has 8 nitrogen and oxygen atoms in total. The molecule has 1 fully saturated rings. The van der Waals surface area contributed by atoms with Gasteiger partial charge in [-0.15, -0.1) is 0 Å². The van der Waals surface area contributed by atoms with Crippen LogP contribution in [0.1, 0.15) is 57.4 Å². The molecule has 37 heavy (non-hydrogen) atoms. The molecule has 1 aromatic carbocycles. The summed E-state index contributed by atoms with van der Waals surface area (Å²) in [4.78, 5) is 46.3. The van der Waals surface area contributed by atoms with Crippen LogP contribution in [0, 0.1) is 5.92 Å². The van der Waals surface area contributed by atoms with E-state index in [0.717, 1.165) is 75.3 Å². The van der Waals surface area contributed by atoms with Crippen LogP contribution in [-0.2, 0) is 20.8 Å². The van der Waals surface area contributed by atoms with Crippen molar-refractivity contribution in [2.24, 2.45) is 5.92 Å². The van der Waals surface area contributed by atoms with Crippen molar-refractivity contribution >= 4 is 17.7 Å². The van der Waals surface area contributed by atoms with Gasteiger partial charge in [0.2, 0.25) is 11.8 Å². The second-order valence-corrected chi connectivity index (χ2v) is 10.9. The summed E-state index contributed by atoms with van der Waals surface area (Å²) in [5.74, 6) is 1.41. The van der Waals surface area contributed by atoms with Crippen LogP contribution in [0.2, 0.25) is 0 Å². The maximum atomic E-state index is 13.3. The zero-order valence-corrected chi connectivity index (χ0v) is 23.3. The van der Waals surface area contributed by atoms with Crippen LogP contribution in [-0.4, -0.2) is 104 Å². The number of rotatable bonds is 7. The fraction of sp³-hybridized carbons (Fsp3) is 0.690. The van der Waals surface area contributed by atoms with Gasteiger partial charge in [0, 0.05) is 34.2 Å². The van der Waals surface area contributed by atoms with Crippen molar-refractivity contribution in [1.29, 1.82) is 0 Å². The summed E-state index contributed by atoms with van der Waals surface area (Å²) in [6, 6.07) is 7.31. The fourth-order valence-corrected chi connectivity index (χ4v) is 5.12. The van der Waals surface area contributed by atoms with Gasteiger partial charge in [0.25, 0.3) is 5.91 Å². The Balaban J connectivity index is 1.53. The van der Waals surface area contributed by atoms with Gasteiger partial charge in [0.05, 0.1) is 6.54 Å². The van der Waals surface area contributed by atoms with Crippen LogP contribution in [0.15, 0.2) is 24.3 Å². The van der Waals surface area contributed by atoms with Crippen LogP contribution in [0.5, 0.6) is 5.75 Å². The van der Waals surface area contributed by atoms with E-state index >= 15 is 0 Å². The minimum Gasteiger partial charge on any atom is -0.483 e. The average molecular weight is 515 g/mol. The molecule has 0 saturated carbocycles. The first kappa shape index (κ1) is 29.0. The van der Waals surface area contributed by atoms with Crippen molar-refractivity contribution in [2.75, 3.05) is 60.5 Å². The second kappa shape index (κ2) is 14.4. The highest BCUT2D eigenvalue weighted by atomic mass is 16.5. The molecule has 2 heterocycles. The lowest BCUT2D eigenvalue weighted by Gasteiger charge is -2.31. The third-order valence-electron chi connectivity index (χ3n) is 7.92. The van der Waals surface area contributed by atoms with Gasteiger partial charge < -0.3 is 19.4 Å². The van der Waals surface area contributed by atoms with Gasteiger partial charge in [-0.1, -0.05) is 25.1 Å². The smallest absolute Gasteiger partial charge is 0.260 e. The second-order valence-electron chi connectivity index (χ2n) is 10.9. The molecule has 2 aliphatic rings. The van der Waals surface area contributed by atoms with Gasteiger partial charge in [-0.05, 0) is 82.0 Å². The Kier molecular flexibility index (Phi) is 11.2. The summed E-state index contributed by atoms with van der Waals surface area (Å²) in [5.41, 5.74) is 1.09. The maximum Gasteiger partial charge on any atom is 0.260 e. The Morgan fingerprint density at radius 1 is 1.05 bits per heavy atom. The fourth-order valence-electron chi connectivity index (χ4n) is 5.12. The quantitative estimate of drug-likeness (QED) is 0.523. The highest BCUT2D eigenvalue weighted by Crippen LogP contribution is 2.22. The molecule has 0 unspecified atom stereocenters. The Morgan fingerprint density at radius 3 is 2.54 bits per heavy atom. The molecule has 0 aliphatic carbocycles. The largest absolute Gasteiger partial charge is 0.483 e. The molecule has 3 amide bonds. The summed E-state index contributed by atoms with van der Waals surface area (Å²) in [6.07, 6.45) is 7.12. The predicted molar refractivity (Wildman–Crippen MR) is 145 cm³/mol. The molecule has 0 N–H and O–H groups in total. The zero-order valence-electron chi connectivity index (χ0n) is 23.3. The number of benzene rings is 1. The number of amides is 3. The Hall–Kier alpha value is -2.61. The van der Waals surface area contributed by atoms with E-state index in [-0.39, 0.29) is 24.3 Å². The van der Waals surface area contributed by atoms with Crippen LogP contribution < -0.4 is 4.74 Å². The van der Waals surface area contributed by atoms with Gasteiger partial charge in [0.15, 0.2) is 6.61 Å². The highest BCUT2D eigenvalue weighted by molar-refractivity contribution is 5.88. The van der Waals surface area contributed by atoms with Crippen molar-refractivity contribution in [3.8, 4) is 5.75 Å². The van der Waals surface area contributed by atoms with Gasteiger partial charge in [-0.3, -0.25) is 19.3 Å². The minimum atomic E-state index is -0.534. The Labute approximate surface area is 222 Å². The van der Waals surface area contributed by atoms with Crippen molar-refractivity contribution in [2.45, 2.75) is 64.3 Å². The lowest BCUT2D eigenvalue weighted by molar-refractivity contribution is -0.145. The first-order chi connectivity index (χ1) is 17.8. The standard InChI is InChI=1S/C29H46N4O4/c1-23-15-19-33(20-16-23)21-27(34)30(2)17-10-8-13-25-29(36)31(3)18-9-7-12-24-11-5-6-14-26(24)37-22-28(35)32(25)4/h5-6,11,14,23,25H,7-10,12-13,15-22H2,1-4H3/t25-/m0/s1. The van der Waals surface area contributed by atoms with Gasteiger partial charge >= 0.3 is 0 Å². The Morgan fingerprint density at radius 2 is 1.78 bits per heavy atom. The van der Waals surface area contributed by atoms with E-state index in [1.54, 1.807) is 21.7 Å². The van der Waals surface area contributed by atoms with Crippen molar-refractivity contribution < 1.29 is 19.1 Å². The third-order valence-corrected chi connectivity index (χ3v) is 7.92. The van der Waals surface area contributed by atoms with E-state index in [4.69, 9.17) is 4.74 Å². The van der Waals surface area contributed by atoms with Crippen molar-refractivity contribution in [1.82, 2.24) is 19.6 Å². The normalized spacial score (nSPS) is 20.9.